The highest BCUT2D eigenvalue weighted by atomic mass is 16.2. The van der Waals surface area contributed by atoms with E-state index in [-0.39, 0.29) is 47.6 Å². The van der Waals surface area contributed by atoms with Crippen molar-refractivity contribution in [1.82, 2.24) is 19.4 Å². The Balaban J connectivity index is 1.72. The van der Waals surface area contributed by atoms with Gasteiger partial charge in [0.05, 0.1) is 6.54 Å². The minimum atomic E-state index is -0.649. The Labute approximate surface area is 207 Å². The Bertz CT molecular complexity index is 1000. The van der Waals surface area contributed by atoms with Gasteiger partial charge >= 0.3 is 5.69 Å². The Hall–Kier alpha value is -2.62. The number of aromatic amines is 1. The predicted octanol–water partition coefficient (Wildman–Crippen LogP) is 1.49. The van der Waals surface area contributed by atoms with Gasteiger partial charge in [-0.1, -0.05) is 47.0 Å². The number of anilines is 2. The van der Waals surface area contributed by atoms with Crippen LogP contribution in [-0.4, -0.2) is 70.4 Å². The summed E-state index contributed by atoms with van der Waals surface area (Å²) >= 11 is 0. The number of rotatable bonds is 8. The van der Waals surface area contributed by atoms with Crippen molar-refractivity contribution < 1.29 is 9.59 Å². The van der Waals surface area contributed by atoms with Crippen molar-refractivity contribution >= 4 is 23.3 Å². The molecule has 1 saturated carbocycles. The minimum absolute atomic E-state index is 0.0179. The Morgan fingerprint density at radius 3 is 2.20 bits per heavy atom. The summed E-state index contributed by atoms with van der Waals surface area (Å²) in [5, 5.41) is 0. The molecule has 0 unspecified atom stereocenters. The molecule has 3 N–H and O–H groups in total. The maximum Gasteiger partial charge on any atom is 0.330 e. The van der Waals surface area contributed by atoms with Crippen LogP contribution in [0, 0.1) is 17.8 Å². The van der Waals surface area contributed by atoms with Crippen LogP contribution in [0.4, 0.5) is 11.5 Å². The largest absolute Gasteiger partial charge is 0.383 e. The number of hydrogen-bond acceptors (Lipinski definition) is 6. The summed E-state index contributed by atoms with van der Waals surface area (Å²) in [4.78, 5) is 59.2. The van der Waals surface area contributed by atoms with Crippen LogP contribution < -0.4 is 21.9 Å². The van der Waals surface area contributed by atoms with Crippen LogP contribution in [0.3, 0.4) is 0 Å². The number of hydrogen-bond donors (Lipinski definition) is 2. The molecular formula is C25H42N6O4. The standard InChI is InChI=1S/C25H42N6O4/c1-17(2)14-30(21-22(26)31(15-18(3)4)25(35)27-23(21)33)20(32)16-28-10-12-29(13-11-28)24(34)19-8-6-5-7-9-19/h17-19H,5-16,26H2,1-4H3,(H,27,33,35). The molecule has 3 rings (SSSR count). The van der Waals surface area contributed by atoms with Gasteiger partial charge in [0, 0.05) is 45.2 Å². The summed E-state index contributed by atoms with van der Waals surface area (Å²) in [7, 11) is 0. The van der Waals surface area contributed by atoms with Crippen molar-refractivity contribution in [2.75, 3.05) is 49.9 Å². The molecule has 1 aromatic heterocycles. The zero-order chi connectivity index (χ0) is 25.7. The number of H-pyrrole nitrogens is 1. The monoisotopic (exact) mass is 490 g/mol. The molecule has 2 heterocycles. The van der Waals surface area contributed by atoms with Gasteiger partial charge in [0.15, 0.2) is 5.69 Å². The molecule has 0 bridgehead atoms. The number of nitrogens with one attached hydrogen (secondary N) is 1. The first-order valence-corrected chi connectivity index (χ1v) is 13.0. The van der Waals surface area contributed by atoms with Gasteiger partial charge in [0.2, 0.25) is 11.8 Å². The fourth-order valence-electron chi connectivity index (χ4n) is 5.08. The molecule has 0 spiro atoms. The van der Waals surface area contributed by atoms with Crippen molar-refractivity contribution in [3.8, 4) is 0 Å². The fraction of sp³-hybridized carbons (Fsp3) is 0.760. The molecule has 1 aromatic rings. The van der Waals surface area contributed by atoms with Gasteiger partial charge in [-0.25, -0.2) is 4.79 Å². The van der Waals surface area contributed by atoms with E-state index in [4.69, 9.17) is 5.73 Å². The van der Waals surface area contributed by atoms with Gasteiger partial charge in [-0.3, -0.25) is 28.8 Å². The molecule has 2 fully saturated rings. The molecule has 1 saturated heterocycles. The summed E-state index contributed by atoms with van der Waals surface area (Å²) in [6, 6.07) is 0. The van der Waals surface area contributed by atoms with E-state index >= 15 is 0 Å². The van der Waals surface area contributed by atoms with Crippen molar-refractivity contribution in [3.63, 3.8) is 0 Å². The van der Waals surface area contributed by atoms with Crippen molar-refractivity contribution in [2.45, 2.75) is 66.3 Å². The van der Waals surface area contributed by atoms with Crippen molar-refractivity contribution in [2.24, 2.45) is 17.8 Å². The van der Waals surface area contributed by atoms with Crippen LogP contribution in [0.1, 0.15) is 59.8 Å². The van der Waals surface area contributed by atoms with Crippen LogP contribution in [0.25, 0.3) is 0 Å². The third-order valence-electron chi connectivity index (χ3n) is 6.88. The van der Waals surface area contributed by atoms with E-state index in [1.54, 1.807) is 0 Å². The molecule has 196 valence electrons. The molecule has 1 aliphatic carbocycles. The van der Waals surface area contributed by atoms with E-state index in [0.29, 0.717) is 39.3 Å². The number of aromatic nitrogens is 2. The Kier molecular flexibility index (Phi) is 9.15. The summed E-state index contributed by atoms with van der Waals surface area (Å²) < 4.78 is 1.33. The summed E-state index contributed by atoms with van der Waals surface area (Å²) in [5.74, 6) is 0.407. The van der Waals surface area contributed by atoms with Gasteiger partial charge in [0.25, 0.3) is 5.56 Å². The number of nitrogens with two attached hydrogens (primary N) is 1. The third kappa shape index (κ3) is 6.74. The summed E-state index contributed by atoms with van der Waals surface area (Å²) in [6.45, 7) is 11.0. The topological polar surface area (TPSA) is 125 Å². The molecular weight excluding hydrogens is 448 g/mol. The van der Waals surface area contributed by atoms with Gasteiger partial charge in [-0.15, -0.1) is 0 Å². The highest BCUT2D eigenvalue weighted by molar-refractivity contribution is 5.96. The van der Waals surface area contributed by atoms with E-state index in [2.05, 4.69) is 4.98 Å². The van der Waals surface area contributed by atoms with Crippen LogP contribution in [-0.2, 0) is 16.1 Å². The molecule has 10 nitrogen and oxygen atoms in total. The summed E-state index contributed by atoms with van der Waals surface area (Å²) in [5.41, 5.74) is 5.11. The van der Waals surface area contributed by atoms with E-state index in [1.165, 1.54) is 15.9 Å². The second-order valence-corrected chi connectivity index (χ2v) is 10.8. The third-order valence-corrected chi connectivity index (χ3v) is 6.88. The number of carbonyl (C=O) groups is 2. The Morgan fingerprint density at radius 1 is 1.00 bits per heavy atom. The van der Waals surface area contributed by atoms with Crippen LogP contribution in [0.15, 0.2) is 9.59 Å². The number of amides is 2. The lowest BCUT2D eigenvalue weighted by Gasteiger charge is -2.37. The SMILES string of the molecule is CC(C)CN(C(=O)CN1CCN(C(=O)C2CCCCC2)CC1)c1c(N)n(CC(C)C)c(=O)[nH]c1=O. The maximum absolute atomic E-state index is 13.4. The van der Waals surface area contributed by atoms with E-state index < -0.39 is 11.2 Å². The van der Waals surface area contributed by atoms with Crippen molar-refractivity contribution in [3.05, 3.63) is 20.8 Å². The number of carbonyl (C=O) groups excluding carboxylic acids is 2. The van der Waals surface area contributed by atoms with Crippen LogP contribution in [0.2, 0.25) is 0 Å². The quantitative estimate of drug-likeness (QED) is 0.569. The lowest BCUT2D eigenvalue weighted by atomic mass is 9.88. The number of piperazine rings is 1. The zero-order valence-electron chi connectivity index (χ0n) is 21.7. The van der Waals surface area contributed by atoms with Crippen LogP contribution >= 0.6 is 0 Å². The van der Waals surface area contributed by atoms with Gasteiger partial charge < -0.3 is 15.5 Å². The maximum atomic E-state index is 13.4. The highest BCUT2D eigenvalue weighted by Crippen LogP contribution is 2.26. The molecule has 0 atom stereocenters. The lowest BCUT2D eigenvalue weighted by Crippen LogP contribution is -2.53. The minimum Gasteiger partial charge on any atom is -0.383 e. The van der Waals surface area contributed by atoms with Gasteiger partial charge in [-0.05, 0) is 24.7 Å². The smallest absolute Gasteiger partial charge is 0.330 e. The predicted molar refractivity (Wildman–Crippen MR) is 137 cm³/mol. The molecule has 2 aliphatic rings. The highest BCUT2D eigenvalue weighted by Gasteiger charge is 2.31. The molecule has 35 heavy (non-hydrogen) atoms. The second kappa shape index (κ2) is 11.9. The average molecular weight is 491 g/mol. The Morgan fingerprint density at radius 2 is 1.63 bits per heavy atom. The first-order chi connectivity index (χ1) is 16.6. The average Bonchev–Trinajstić information content (AvgIpc) is 2.81. The number of nitrogen functional groups attached to an aromatic ring is 1. The molecule has 2 amide bonds. The normalized spacial score (nSPS) is 17.8. The molecule has 10 heteroatoms. The van der Waals surface area contributed by atoms with E-state index in [0.717, 1.165) is 25.7 Å². The van der Waals surface area contributed by atoms with Crippen LogP contribution in [0.5, 0.6) is 0 Å². The molecule has 1 aliphatic heterocycles. The molecule has 0 radical (unpaired) electrons. The van der Waals surface area contributed by atoms with Gasteiger partial charge in [-0.2, -0.15) is 0 Å². The van der Waals surface area contributed by atoms with E-state index in [1.807, 2.05) is 37.5 Å². The van der Waals surface area contributed by atoms with E-state index in [9.17, 15) is 19.2 Å². The summed E-state index contributed by atoms with van der Waals surface area (Å²) in [6.07, 6.45) is 5.44. The zero-order valence-corrected chi connectivity index (χ0v) is 21.7. The first kappa shape index (κ1) is 27.0. The number of nitrogens with zero attached hydrogens (tertiary/aromatic N) is 4. The molecule has 0 aromatic carbocycles. The first-order valence-electron chi connectivity index (χ1n) is 13.0. The lowest BCUT2D eigenvalue weighted by molar-refractivity contribution is -0.138. The fourth-order valence-corrected chi connectivity index (χ4v) is 5.08. The second-order valence-electron chi connectivity index (χ2n) is 10.8. The van der Waals surface area contributed by atoms with Gasteiger partial charge in [0.1, 0.15) is 5.82 Å². The van der Waals surface area contributed by atoms with Crippen molar-refractivity contribution in [1.29, 1.82) is 0 Å².